The number of halogens is 2. The van der Waals surface area contributed by atoms with Crippen molar-refractivity contribution < 1.29 is 9.13 Å². The van der Waals surface area contributed by atoms with Gasteiger partial charge in [-0.2, -0.15) is 0 Å². The highest BCUT2D eigenvalue weighted by Crippen LogP contribution is 2.27. The number of hydrogen-bond donors (Lipinski definition) is 0. The monoisotopic (exact) mass is 378 g/mol. The number of benzene rings is 3. The van der Waals surface area contributed by atoms with E-state index in [4.69, 9.17) is 22.8 Å². The number of ether oxygens (including phenoxy) is 1. The van der Waals surface area contributed by atoms with Gasteiger partial charge in [-0.1, -0.05) is 53.9 Å². The fourth-order valence-electron chi connectivity index (χ4n) is 2.97. The van der Waals surface area contributed by atoms with E-state index < -0.39 is 5.82 Å². The predicted molar refractivity (Wildman–Crippen MR) is 109 cm³/mol. The molecule has 136 valence electrons. The molecule has 0 heterocycles. The second-order valence-electron chi connectivity index (χ2n) is 6.35. The summed E-state index contributed by atoms with van der Waals surface area (Å²) in [5.74, 6) is 3.92. The molecule has 3 rings (SSSR count). The van der Waals surface area contributed by atoms with Crippen LogP contribution in [-0.4, -0.2) is 0 Å². The molecule has 27 heavy (non-hydrogen) atoms. The Morgan fingerprint density at radius 2 is 1.74 bits per heavy atom. The Morgan fingerprint density at radius 1 is 0.963 bits per heavy atom. The van der Waals surface area contributed by atoms with Crippen LogP contribution in [-0.2, 0) is 6.42 Å². The molecule has 0 aromatic heterocycles. The van der Waals surface area contributed by atoms with E-state index in [-0.39, 0.29) is 10.9 Å². The Bertz CT molecular complexity index is 931. The summed E-state index contributed by atoms with van der Waals surface area (Å²) in [6, 6.07) is 22.5. The highest BCUT2D eigenvalue weighted by atomic mass is 35.5. The zero-order chi connectivity index (χ0) is 19.1. The van der Waals surface area contributed by atoms with Gasteiger partial charge in [0, 0.05) is 5.92 Å². The van der Waals surface area contributed by atoms with Gasteiger partial charge >= 0.3 is 0 Å². The Morgan fingerprint density at radius 3 is 2.48 bits per heavy atom. The molecule has 1 atom stereocenters. The average Bonchev–Trinajstić information content (AvgIpc) is 2.69. The van der Waals surface area contributed by atoms with E-state index in [0.717, 1.165) is 36.3 Å². The molecule has 0 saturated carbocycles. The van der Waals surface area contributed by atoms with Crippen molar-refractivity contribution in [1.29, 1.82) is 0 Å². The van der Waals surface area contributed by atoms with E-state index in [1.54, 1.807) is 12.1 Å². The maximum absolute atomic E-state index is 13.3. The fraction of sp³-hybridized carbons (Fsp3) is 0.167. The van der Waals surface area contributed by atoms with Crippen LogP contribution in [0.5, 0.6) is 11.5 Å². The molecule has 1 nitrogen and oxygen atoms in total. The lowest BCUT2D eigenvalue weighted by Crippen LogP contribution is -1.98. The molecule has 0 N–H and O–H groups in total. The molecule has 3 heteroatoms. The molecule has 0 bridgehead atoms. The van der Waals surface area contributed by atoms with Gasteiger partial charge in [-0.05, 0) is 66.8 Å². The molecule has 3 aromatic carbocycles. The van der Waals surface area contributed by atoms with Crippen molar-refractivity contribution in [3.63, 3.8) is 0 Å². The van der Waals surface area contributed by atoms with Gasteiger partial charge in [-0.15, -0.1) is 6.42 Å². The molecule has 0 saturated heterocycles. The van der Waals surface area contributed by atoms with Gasteiger partial charge in [0.1, 0.15) is 17.3 Å². The van der Waals surface area contributed by atoms with Gasteiger partial charge in [0.05, 0.1) is 5.02 Å². The minimum atomic E-state index is -0.425. The van der Waals surface area contributed by atoms with E-state index in [2.05, 4.69) is 12.0 Å². The molecular formula is C24H20ClFO. The lowest BCUT2D eigenvalue weighted by atomic mass is 9.93. The summed E-state index contributed by atoms with van der Waals surface area (Å²) in [6.07, 6.45) is 8.29. The lowest BCUT2D eigenvalue weighted by molar-refractivity contribution is 0.482. The summed E-state index contributed by atoms with van der Waals surface area (Å²) in [7, 11) is 0. The average molecular weight is 379 g/mol. The van der Waals surface area contributed by atoms with Crippen LogP contribution in [0, 0.1) is 18.2 Å². The van der Waals surface area contributed by atoms with Gasteiger partial charge in [0.25, 0.3) is 0 Å². The minimum absolute atomic E-state index is 0.0770. The minimum Gasteiger partial charge on any atom is -0.457 e. The second kappa shape index (κ2) is 9.26. The zero-order valence-corrected chi connectivity index (χ0v) is 15.6. The van der Waals surface area contributed by atoms with Crippen molar-refractivity contribution in [3.05, 3.63) is 94.8 Å². The van der Waals surface area contributed by atoms with Crippen molar-refractivity contribution >= 4 is 11.6 Å². The van der Waals surface area contributed by atoms with Crippen molar-refractivity contribution in [3.8, 4) is 23.8 Å². The van der Waals surface area contributed by atoms with Crippen LogP contribution in [0.1, 0.15) is 29.9 Å². The van der Waals surface area contributed by atoms with Gasteiger partial charge in [-0.25, -0.2) is 4.39 Å². The van der Waals surface area contributed by atoms with Crippen LogP contribution < -0.4 is 4.74 Å². The van der Waals surface area contributed by atoms with Crippen LogP contribution >= 0.6 is 11.6 Å². The molecule has 3 aromatic rings. The smallest absolute Gasteiger partial charge is 0.141 e. The van der Waals surface area contributed by atoms with Crippen molar-refractivity contribution in [2.45, 2.75) is 25.2 Å². The normalized spacial score (nSPS) is 11.6. The third kappa shape index (κ3) is 5.36. The first-order chi connectivity index (χ1) is 13.2. The van der Waals surface area contributed by atoms with Gasteiger partial charge in [0.15, 0.2) is 0 Å². The molecule has 0 aliphatic carbocycles. The third-order valence-corrected chi connectivity index (χ3v) is 4.67. The SMILES string of the molecule is C#CC(CCCc1cccc(Oc2ccccc2)c1)c1ccc(F)c(Cl)c1. The zero-order valence-electron chi connectivity index (χ0n) is 14.9. The fourth-order valence-corrected chi connectivity index (χ4v) is 3.16. The number of terminal acetylenes is 1. The molecular weight excluding hydrogens is 359 g/mol. The number of hydrogen-bond acceptors (Lipinski definition) is 1. The summed E-state index contributed by atoms with van der Waals surface area (Å²) in [6.45, 7) is 0. The molecule has 0 aliphatic rings. The maximum atomic E-state index is 13.3. The quantitative estimate of drug-likeness (QED) is 0.402. The Balaban J connectivity index is 1.58. The Hall–Kier alpha value is -2.76. The summed E-state index contributed by atoms with van der Waals surface area (Å²) in [5.41, 5.74) is 2.07. The van der Waals surface area contributed by atoms with Crippen molar-refractivity contribution in [2.24, 2.45) is 0 Å². The van der Waals surface area contributed by atoms with Crippen LogP contribution in [0.4, 0.5) is 4.39 Å². The van der Waals surface area contributed by atoms with E-state index in [9.17, 15) is 4.39 Å². The largest absolute Gasteiger partial charge is 0.457 e. The summed E-state index contributed by atoms with van der Waals surface area (Å²) < 4.78 is 19.2. The van der Waals surface area contributed by atoms with Gasteiger partial charge in [-0.3, -0.25) is 0 Å². The van der Waals surface area contributed by atoms with E-state index >= 15 is 0 Å². The molecule has 0 radical (unpaired) electrons. The summed E-state index contributed by atoms with van der Waals surface area (Å²) in [4.78, 5) is 0. The van der Waals surface area contributed by atoms with Crippen LogP contribution in [0.3, 0.4) is 0 Å². The van der Waals surface area contributed by atoms with Crippen LogP contribution in [0.25, 0.3) is 0 Å². The van der Waals surface area contributed by atoms with Gasteiger partial charge in [0.2, 0.25) is 0 Å². The summed E-state index contributed by atoms with van der Waals surface area (Å²) in [5, 5.41) is 0.110. The Labute approximate surface area is 164 Å². The molecule has 0 spiro atoms. The highest BCUT2D eigenvalue weighted by molar-refractivity contribution is 6.30. The first kappa shape index (κ1) is 19.0. The molecule has 1 unspecified atom stereocenters. The maximum Gasteiger partial charge on any atom is 0.141 e. The summed E-state index contributed by atoms with van der Waals surface area (Å²) >= 11 is 5.87. The second-order valence-corrected chi connectivity index (χ2v) is 6.75. The first-order valence-electron chi connectivity index (χ1n) is 8.88. The highest BCUT2D eigenvalue weighted by Gasteiger charge is 2.11. The van der Waals surface area contributed by atoms with Gasteiger partial charge < -0.3 is 4.74 Å². The van der Waals surface area contributed by atoms with Crippen LogP contribution in [0.15, 0.2) is 72.8 Å². The first-order valence-corrected chi connectivity index (χ1v) is 9.26. The Kier molecular flexibility index (Phi) is 6.52. The molecule has 0 fully saturated rings. The number of aryl methyl sites for hydroxylation is 1. The van der Waals surface area contributed by atoms with E-state index in [1.807, 2.05) is 48.5 Å². The molecule has 0 aliphatic heterocycles. The van der Waals surface area contributed by atoms with Crippen molar-refractivity contribution in [2.75, 3.05) is 0 Å². The van der Waals surface area contributed by atoms with E-state index in [1.165, 1.54) is 11.6 Å². The third-order valence-electron chi connectivity index (χ3n) is 4.38. The predicted octanol–water partition coefficient (Wildman–Crippen LogP) is 7.01. The topological polar surface area (TPSA) is 9.23 Å². The number of rotatable bonds is 7. The van der Waals surface area contributed by atoms with Crippen molar-refractivity contribution in [1.82, 2.24) is 0 Å². The standard InChI is InChI=1S/C24H20ClFO/c1-2-19(20-14-15-24(26)23(25)17-20)10-6-8-18-9-7-13-22(16-18)27-21-11-4-3-5-12-21/h1,3-5,7,9,11-17,19H,6,8,10H2. The molecule has 0 amide bonds. The van der Waals surface area contributed by atoms with Crippen LogP contribution in [0.2, 0.25) is 5.02 Å². The lowest BCUT2D eigenvalue weighted by Gasteiger charge is -2.12. The van der Waals surface area contributed by atoms with E-state index in [0.29, 0.717) is 0 Å². The number of para-hydroxylation sites is 1.